The maximum absolute atomic E-state index is 13.7. The fourth-order valence-corrected chi connectivity index (χ4v) is 1.85. The molecule has 0 fully saturated rings. The minimum Gasteiger partial charge on any atom is -0.368 e. The van der Waals surface area contributed by atoms with Crippen LogP contribution in [0.5, 0.6) is 0 Å². The summed E-state index contributed by atoms with van der Waals surface area (Å²) in [7, 11) is 0. The third-order valence-corrected chi connectivity index (χ3v) is 2.70. The second kappa shape index (κ2) is 6.31. The van der Waals surface area contributed by atoms with Gasteiger partial charge in [-0.2, -0.15) is 0 Å². The van der Waals surface area contributed by atoms with Gasteiger partial charge in [-0.3, -0.25) is 0 Å². The number of pyridine rings is 1. The van der Waals surface area contributed by atoms with Gasteiger partial charge >= 0.3 is 0 Å². The van der Waals surface area contributed by atoms with Crippen molar-refractivity contribution in [1.29, 1.82) is 0 Å². The molecule has 0 aliphatic carbocycles. The SMILES string of the molecule is CCNc1nc(NC(C)Cn2ccnc2)c(F)cc1F. The van der Waals surface area contributed by atoms with Crippen molar-refractivity contribution in [2.45, 2.75) is 26.4 Å². The molecule has 0 saturated heterocycles. The zero-order valence-electron chi connectivity index (χ0n) is 11.4. The summed E-state index contributed by atoms with van der Waals surface area (Å²) in [6.45, 7) is 4.82. The minimum atomic E-state index is -0.707. The van der Waals surface area contributed by atoms with Crippen molar-refractivity contribution in [3.05, 3.63) is 36.4 Å². The Labute approximate surface area is 116 Å². The van der Waals surface area contributed by atoms with Gasteiger partial charge in [0, 0.05) is 37.6 Å². The van der Waals surface area contributed by atoms with Crippen LogP contribution in [0, 0.1) is 11.6 Å². The van der Waals surface area contributed by atoms with Gasteiger partial charge in [0.05, 0.1) is 6.33 Å². The molecule has 0 saturated carbocycles. The summed E-state index contributed by atoms with van der Waals surface area (Å²) < 4.78 is 29.0. The van der Waals surface area contributed by atoms with E-state index in [1.54, 1.807) is 12.5 Å². The first-order valence-electron chi connectivity index (χ1n) is 6.42. The number of hydrogen-bond donors (Lipinski definition) is 2. The van der Waals surface area contributed by atoms with Gasteiger partial charge in [0.25, 0.3) is 0 Å². The highest BCUT2D eigenvalue weighted by Gasteiger charge is 2.13. The average Bonchev–Trinajstić information content (AvgIpc) is 2.88. The molecule has 2 aromatic rings. The summed E-state index contributed by atoms with van der Waals surface area (Å²) in [5.74, 6) is -1.32. The van der Waals surface area contributed by atoms with Crippen LogP contribution in [0.1, 0.15) is 13.8 Å². The molecule has 0 radical (unpaired) electrons. The van der Waals surface area contributed by atoms with Crippen molar-refractivity contribution >= 4 is 11.6 Å². The van der Waals surface area contributed by atoms with Crippen molar-refractivity contribution in [1.82, 2.24) is 14.5 Å². The zero-order chi connectivity index (χ0) is 14.5. The molecular weight excluding hydrogens is 264 g/mol. The van der Waals surface area contributed by atoms with Gasteiger partial charge < -0.3 is 15.2 Å². The smallest absolute Gasteiger partial charge is 0.168 e. The molecule has 108 valence electrons. The fraction of sp³-hybridized carbons (Fsp3) is 0.385. The van der Waals surface area contributed by atoms with Crippen molar-refractivity contribution < 1.29 is 8.78 Å². The summed E-state index contributed by atoms with van der Waals surface area (Å²) in [5, 5.41) is 5.69. The average molecular weight is 281 g/mol. The van der Waals surface area contributed by atoms with Crippen LogP contribution < -0.4 is 10.6 Å². The van der Waals surface area contributed by atoms with E-state index in [2.05, 4.69) is 20.6 Å². The molecule has 0 amide bonds. The highest BCUT2D eigenvalue weighted by atomic mass is 19.1. The molecule has 5 nitrogen and oxygen atoms in total. The number of hydrogen-bond acceptors (Lipinski definition) is 4. The van der Waals surface area contributed by atoms with Crippen LogP contribution >= 0.6 is 0 Å². The van der Waals surface area contributed by atoms with Gasteiger partial charge in [0.2, 0.25) is 0 Å². The van der Waals surface area contributed by atoms with Crippen LogP contribution in [0.25, 0.3) is 0 Å². The molecule has 7 heteroatoms. The molecular formula is C13H17F2N5. The largest absolute Gasteiger partial charge is 0.368 e. The number of nitrogens with one attached hydrogen (secondary N) is 2. The molecule has 0 spiro atoms. The standard InChI is InChI=1S/C13H17F2N5/c1-3-17-12-10(14)6-11(15)13(19-12)18-9(2)7-20-5-4-16-8-20/h4-6,8-9H,3,7H2,1-2H3,(H2,17,18,19). The van der Waals surface area contributed by atoms with E-state index in [9.17, 15) is 8.78 Å². The number of halogens is 2. The lowest BCUT2D eigenvalue weighted by Crippen LogP contribution is -2.23. The molecule has 1 unspecified atom stereocenters. The highest BCUT2D eigenvalue weighted by Crippen LogP contribution is 2.19. The molecule has 2 N–H and O–H groups in total. The number of imidazole rings is 1. The molecule has 0 aromatic carbocycles. The lowest BCUT2D eigenvalue weighted by Gasteiger charge is -2.16. The Morgan fingerprint density at radius 3 is 2.70 bits per heavy atom. The molecule has 20 heavy (non-hydrogen) atoms. The zero-order valence-corrected chi connectivity index (χ0v) is 11.4. The highest BCUT2D eigenvalue weighted by molar-refractivity contribution is 5.47. The third-order valence-electron chi connectivity index (χ3n) is 2.70. The summed E-state index contributed by atoms with van der Waals surface area (Å²) >= 11 is 0. The van der Waals surface area contributed by atoms with E-state index in [-0.39, 0.29) is 17.7 Å². The third kappa shape index (κ3) is 3.43. The predicted octanol–water partition coefficient (Wildman–Crippen LogP) is 2.49. The number of aromatic nitrogens is 3. The Bertz CT molecular complexity index is 556. The summed E-state index contributed by atoms with van der Waals surface area (Å²) in [6.07, 6.45) is 5.17. The van der Waals surface area contributed by atoms with E-state index in [4.69, 9.17) is 0 Å². The molecule has 0 bridgehead atoms. The first-order chi connectivity index (χ1) is 9.60. The summed E-state index contributed by atoms with van der Waals surface area (Å²) in [4.78, 5) is 7.87. The van der Waals surface area contributed by atoms with E-state index >= 15 is 0 Å². The van der Waals surface area contributed by atoms with Gasteiger partial charge in [-0.05, 0) is 13.8 Å². The predicted molar refractivity (Wildman–Crippen MR) is 73.6 cm³/mol. The van der Waals surface area contributed by atoms with Gasteiger partial charge in [-0.15, -0.1) is 0 Å². The second-order valence-corrected chi connectivity index (χ2v) is 4.48. The lowest BCUT2D eigenvalue weighted by atomic mass is 10.3. The second-order valence-electron chi connectivity index (χ2n) is 4.48. The Morgan fingerprint density at radius 2 is 2.05 bits per heavy atom. The monoisotopic (exact) mass is 281 g/mol. The van der Waals surface area contributed by atoms with Gasteiger partial charge in [0.1, 0.15) is 0 Å². The maximum Gasteiger partial charge on any atom is 0.168 e. The molecule has 2 rings (SSSR count). The van der Waals surface area contributed by atoms with Crippen LogP contribution in [0.3, 0.4) is 0 Å². The molecule has 1 atom stereocenters. The maximum atomic E-state index is 13.7. The van der Waals surface area contributed by atoms with E-state index in [0.717, 1.165) is 6.07 Å². The number of nitrogens with zero attached hydrogens (tertiary/aromatic N) is 3. The minimum absolute atomic E-state index is 0.0370. The topological polar surface area (TPSA) is 54.8 Å². The van der Waals surface area contributed by atoms with Crippen LogP contribution in [0.15, 0.2) is 24.8 Å². The normalized spacial score (nSPS) is 12.2. The Morgan fingerprint density at radius 1 is 1.30 bits per heavy atom. The van der Waals surface area contributed by atoms with E-state index in [1.165, 1.54) is 0 Å². The Balaban J connectivity index is 2.09. The van der Waals surface area contributed by atoms with Gasteiger partial charge in [-0.25, -0.2) is 18.7 Å². The molecule has 2 aromatic heterocycles. The van der Waals surface area contributed by atoms with Crippen LogP contribution in [-0.4, -0.2) is 27.1 Å². The van der Waals surface area contributed by atoms with Crippen molar-refractivity contribution in [2.24, 2.45) is 0 Å². The number of rotatable bonds is 6. The summed E-state index contributed by atoms with van der Waals surface area (Å²) in [5.41, 5.74) is 0. The quantitative estimate of drug-likeness (QED) is 0.854. The fourth-order valence-electron chi connectivity index (χ4n) is 1.85. The Hall–Kier alpha value is -2.18. The van der Waals surface area contributed by atoms with E-state index < -0.39 is 11.6 Å². The number of anilines is 2. The van der Waals surface area contributed by atoms with E-state index in [1.807, 2.05) is 24.6 Å². The van der Waals surface area contributed by atoms with Crippen molar-refractivity contribution in [2.75, 3.05) is 17.2 Å². The van der Waals surface area contributed by atoms with Crippen molar-refractivity contribution in [3.8, 4) is 0 Å². The van der Waals surface area contributed by atoms with Gasteiger partial charge in [-0.1, -0.05) is 0 Å². The Kier molecular flexibility index (Phi) is 4.49. The molecule has 2 heterocycles. The van der Waals surface area contributed by atoms with Crippen LogP contribution in [0.4, 0.5) is 20.4 Å². The first kappa shape index (κ1) is 14.2. The molecule has 0 aliphatic heterocycles. The van der Waals surface area contributed by atoms with Crippen LogP contribution in [0.2, 0.25) is 0 Å². The van der Waals surface area contributed by atoms with Crippen molar-refractivity contribution in [3.63, 3.8) is 0 Å². The summed E-state index contributed by atoms with van der Waals surface area (Å²) in [6, 6.07) is 0.753. The lowest BCUT2D eigenvalue weighted by molar-refractivity contribution is 0.568. The van der Waals surface area contributed by atoms with E-state index in [0.29, 0.717) is 13.1 Å². The first-order valence-corrected chi connectivity index (χ1v) is 6.42. The van der Waals surface area contributed by atoms with Gasteiger partial charge in [0.15, 0.2) is 23.3 Å². The van der Waals surface area contributed by atoms with Crippen LogP contribution in [-0.2, 0) is 6.54 Å². The molecule has 0 aliphatic rings.